The van der Waals surface area contributed by atoms with E-state index in [2.05, 4.69) is 15.3 Å². The molecule has 1 amide bonds. The zero-order valence-electron chi connectivity index (χ0n) is 18.3. The number of aromatic nitrogens is 2. The lowest BCUT2D eigenvalue weighted by molar-refractivity contribution is -0.192. The van der Waals surface area contributed by atoms with Gasteiger partial charge in [0.15, 0.2) is 0 Å². The van der Waals surface area contributed by atoms with Crippen molar-refractivity contribution in [2.75, 3.05) is 11.9 Å². The minimum atomic E-state index is -5.08. The Balaban J connectivity index is 0.000000540. The number of carbonyl (C=O) groups is 3. The van der Waals surface area contributed by atoms with Gasteiger partial charge in [0.05, 0.1) is 11.1 Å². The largest absolute Gasteiger partial charge is 0.490 e. The van der Waals surface area contributed by atoms with Gasteiger partial charge in [0.2, 0.25) is 5.91 Å². The Hall–Kier alpha value is -4.00. The Morgan fingerprint density at radius 3 is 2.26 bits per heavy atom. The van der Waals surface area contributed by atoms with Crippen molar-refractivity contribution in [2.24, 2.45) is 0 Å². The molecule has 0 saturated heterocycles. The van der Waals surface area contributed by atoms with Crippen LogP contribution in [0.5, 0.6) is 0 Å². The number of hydrogen-bond acceptors (Lipinski definition) is 7. The molecule has 188 valence electrons. The molecule has 0 atom stereocenters. The second-order valence-corrected chi connectivity index (χ2v) is 7.35. The molecule has 3 rings (SSSR count). The Kier molecular flexibility index (Phi) is 9.70. The summed E-state index contributed by atoms with van der Waals surface area (Å²) in [6, 6.07) is 6.80. The number of halogens is 3. The second-order valence-electron chi connectivity index (χ2n) is 7.35. The number of pyridine rings is 2. The van der Waals surface area contributed by atoms with Crippen LogP contribution in [0.25, 0.3) is 21.7 Å². The fraction of sp³-hybridized carbons (Fsp3) is 0.318. The first-order valence-electron chi connectivity index (χ1n) is 10.4. The topological polar surface area (TPSA) is 162 Å². The smallest absolute Gasteiger partial charge is 0.478 e. The molecule has 0 saturated carbocycles. The number of carboxylic acid groups (broad SMARTS) is 2. The van der Waals surface area contributed by atoms with E-state index in [1.165, 1.54) is 0 Å². The van der Waals surface area contributed by atoms with Gasteiger partial charge < -0.3 is 15.5 Å². The van der Waals surface area contributed by atoms with Crippen LogP contribution in [0.15, 0.2) is 36.7 Å². The van der Waals surface area contributed by atoms with Crippen LogP contribution in [0.3, 0.4) is 0 Å². The zero-order valence-corrected chi connectivity index (χ0v) is 18.3. The highest BCUT2D eigenvalue weighted by Gasteiger charge is 2.38. The average Bonchev–Trinajstić information content (AvgIpc) is 2.82. The molecule has 2 heterocycles. The summed E-state index contributed by atoms with van der Waals surface area (Å²) in [5.74, 6) is -3.40. The highest BCUT2D eigenvalue weighted by molar-refractivity contribution is 6.10. The van der Waals surface area contributed by atoms with Crippen LogP contribution in [-0.2, 0) is 9.59 Å². The number of benzene rings is 1. The fourth-order valence-corrected chi connectivity index (χ4v) is 3.14. The zero-order chi connectivity index (χ0) is 26.0. The van der Waals surface area contributed by atoms with Gasteiger partial charge in [0, 0.05) is 41.5 Å². The van der Waals surface area contributed by atoms with E-state index in [0.29, 0.717) is 24.3 Å². The summed E-state index contributed by atoms with van der Waals surface area (Å²) in [5.41, 5.74) is 2.43. The van der Waals surface area contributed by atoms with Gasteiger partial charge in [0.1, 0.15) is 5.82 Å². The maximum absolute atomic E-state index is 11.3. The van der Waals surface area contributed by atoms with Crippen LogP contribution in [0, 0.1) is 0 Å². The summed E-state index contributed by atoms with van der Waals surface area (Å²) in [6.45, 7) is 0.709. The van der Waals surface area contributed by atoms with Crippen molar-refractivity contribution in [3.05, 3.63) is 42.2 Å². The van der Waals surface area contributed by atoms with Gasteiger partial charge in [-0.05, 0) is 31.0 Å². The van der Waals surface area contributed by atoms with Crippen molar-refractivity contribution < 1.29 is 43.0 Å². The van der Waals surface area contributed by atoms with E-state index in [1.807, 2.05) is 6.07 Å². The minimum Gasteiger partial charge on any atom is -0.478 e. The molecule has 5 N–H and O–H groups in total. The summed E-state index contributed by atoms with van der Waals surface area (Å²) in [5, 5.41) is 30.9. The highest BCUT2D eigenvalue weighted by atomic mass is 19.4. The van der Waals surface area contributed by atoms with Crippen molar-refractivity contribution in [1.82, 2.24) is 15.4 Å². The first-order valence-corrected chi connectivity index (χ1v) is 10.4. The molecule has 2 aromatic heterocycles. The van der Waals surface area contributed by atoms with Gasteiger partial charge in [-0.3, -0.25) is 15.0 Å². The number of unbranched alkanes of at least 4 members (excludes halogenated alkanes) is 3. The normalized spacial score (nSPS) is 11.0. The number of carbonyl (C=O) groups excluding carboxylic acids is 1. The number of nitrogens with zero attached hydrogens (tertiary/aromatic N) is 2. The summed E-state index contributed by atoms with van der Waals surface area (Å²) in [4.78, 5) is 39.9. The molecular formula is C22H23F3N4O6. The number of carboxylic acids is 2. The SMILES string of the molecule is O=C(CCCCCCNc1nc2cc(C(=O)O)ccc2c2cnccc12)NO.O=C(O)C(F)(F)F. The number of aromatic carboxylic acids is 1. The van der Waals surface area contributed by atoms with Crippen LogP contribution in [0.1, 0.15) is 42.5 Å². The van der Waals surface area contributed by atoms with E-state index in [9.17, 15) is 27.9 Å². The third kappa shape index (κ3) is 8.07. The van der Waals surface area contributed by atoms with Gasteiger partial charge in [-0.15, -0.1) is 0 Å². The molecule has 3 aromatic rings. The van der Waals surface area contributed by atoms with E-state index in [1.54, 1.807) is 36.1 Å². The number of nitrogens with one attached hydrogen (secondary N) is 2. The average molecular weight is 496 g/mol. The molecule has 35 heavy (non-hydrogen) atoms. The van der Waals surface area contributed by atoms with Crippen LogP contribution < -0.4 is 10.8 Å². The van der Waals surface area contributed by atoms with Crippen LogP contribution in [0.4, 0.5) is 19.0 Å². The summed E-state index contributed by atoms with van der Waals surface area (Å²) >= 11 is 0. The highest BCUT2D eigenvalue weighted by Crippen LogP contribution is 2.29. The number of hydroxylamine groups is 1. The molecule has 0 fully saturated rings. The van der Waals surface area contributed by atoms with Gasteiger partial charge in [-0.25, -0.2) is 20.1 Å². The van der Waals surface area contributed by atoms with E-state index < -0.39 is 18.1 Å². The maximum Gasteiger partial charge on any atom is 0.490 e. The molecule has 0 unspecified atom stereocenters. The molecule has 0 aliphatic carbocycles. The lowest BCUT2D eigenvalue weighted by atomic mass is 10.1. The Morgan fingerprint density at radius 2 is 1.63 bits per heavy atom. The minimum absolute atomic E-state index is 0.195. The number of aliphatic carboxylic acids is 1. The van der Waals surface area contributed by atoms with E-state index in [4.69, 9.17) is 15.1 Å². The van der Waals surface area contributed by atoms with Crippen LogP contribution >= 0.6 is 0 Å². The molecule has 0 aliphatic heterocycles. The number of rotatable bonds is 9. The molecule has 1 aromatic carbocycles. The fourth-order valence-electron chi connectivity index (χ4n) is 3.14. The molecule has 0 aliphatic rings. The maximum atomic E-state index is 11.3. The third-order valence-corrected chi connectivity index (χ3v) is 4.83. The number of amides is 1. The van der Waals surface area contributed by atoms with E-state index in [-0.39, 0.29) is 11.5 Å². The van der Waals surface area contributed by atoms with E-state index >= 15 is 0 Å². The predicted molar refractivity (Wildman–Crippen MR) is 119 cm³/mol. The van der Waals surface area contributed by atoms with Gasteiger partial charge in [0.25, 0.3) is 0 Å². The molecule has 0 radical (unpaired) electrons. The number of alkyl halides is 3. The molecule has 0 bridgehead atoms. The lowest BCUT2D eigenvalue weighted by Crippen LogP contribution is -2.21. The first-order chi connectivity index (χ1) is 16.5. The quantitative estimate of drug-likeness (QED) is 0.128. The summed E-state index contributed by atoms with van der Waals surface area (Å²) < 4.78 is 31.7. The second kappa shape index (κ2) is 12.5. The monoisotopic (exact) mass is 496 g/mol. The number of anilines is 1. The molecular weight excluding hydrogens is 473 g/mol. The molecule has 13 heteroatoms. The third-order valence-electron chi connectivity index (χ3n) is 4.83. The first kappa shape index (κ1) is 27.2. The van der Waals surface area contributed by atoms with Crippen molar-refractivity contribution in [1.29, 1.82) is 0 Å². The van der Waals surface area contributed by atoms with Gasteiger partial charge in [-0.2, -0.15) is 13.2 Å². The van der Waals surface area contributed by atoms with Crippen molar-refractivity contribution in [3.63, 3.8) is 0 Å². The summed E-state index contributed by atoms with van der Waals surface area (Å²) in [6.07, 6.45) is 2.18. The Bertz CT molecular complexity index is 1200. The van der Waals surface area contributed by atoms with Crippen molar-refractivity contribution >= 4 is 45.3 Å². The molecule has 10 nitrogen and oxygen atoms in total. The standard InChI is InChI=1S/C20H22N4O4.C2HF3O2/c25-18(24-28)5-3-1-2-4-9-22-19-15-8-10-21-12-16(15)14-7-6-13(20(26)27)11-17(14)23-19;3-2(4,5)1(6)7/h6-8,10-12,28H,1-5,9H2,(H,22,23)(H,24,25)(H,26,27);(H,6,7). The lowest BCUT2D eigenvalue weighted by Gasteiger charge is -2.12. The van der Waals surface area contributed by atoms with Crippen molar-refractivity contribution in [3.8, 4) is 0 Å². The van der Waals surface area contributed by atoms with Gasteiger partial charge >= 0.3 is 18.1 Å². The Labute approximate surface area is 196 Å². The summed E-state index contributed by atoms with van der Waals surface area (Å²) in [7, 11) is 0. The van der Waals surface area contributed by atoms with Crippen molar-refractivity contribution in [2.45, 2.75) is 38.3 Å². The number of fused-ring (bicyclic) bond motifs is 3. The van der Waals surface area contributed by atoms with E-state index in [0.717, 1.165) is 41.8 Å². The predicted octanol–water partition coefficient (Wildman–Crippen LogP) is 3.98. The Morgan fingerprint density at radius 1 is 0.943 bits per heavy atom. The van der Waals surface area contributed by atoms with Gasteiger partial charge in [-0.1, -0.05) is 18.9 Å². The number of hydrogen-bond donors (Lipinski definition) is 5. The van der Waals surface area contributed by atoms with Crippen LogP contribution in [-0.4, -0.2) is 56.0 Å². The van der Waals surface area contributed by atoms with Crippen LogP contribution in [0.2, 0.25) is 0 Å². The molecule has 0 spiro atoms.